The summed E-state index contributed by atoms with van der Waals surface area (Å²) in [5.74, 6) is 0.666. The van der Waals surface area contributed by atoms with Crippen LogP contribution >= 0.6 is 34.3 Å². The van der Waals surface area contributed by atoms with E-state index in [9.17, 15) is 0 Å². The lowest BCUT2D eigenvalue weighted by molar-refractivity contribution is 1.20. The van der Waals surface area contributed by atoms with Gasteiger partial charge in [0.25, 0.3) is 0 Å². The number of nitrogens with two attached hydrogens (primary N) is 1. The molecule has 0 atom stereocenters. The van der Waals surface area contributed by atoms with Gasteiger partial charge in [-0.2, -0.15) is 0 Å². The predicted molar refractivity (Wildman–Crippen MR) is 64.3 cm³/mol. The number of thiazole rings is 1. The molecule has 2 aromatic rings. The van der Waals surface area contributed by atoms with E-state index in [1.54, 1.807) is 11.3 Å². The third-order valence-corrected chi connectivity index (χ3v) is 3.81. The van der Waals surface area contributed by atoms with Crippen molar-refractivity contribution in [2.45, 2.75) is 6.42 Å². The summed E-state index contributed by atoms with van der Waals surface area (Å²) in [6.45, 7) is 0. The van der Waals surface area contributed by atoms with E-state index in [0.29, 0.717) is 11.0 Å². The van der Waals surface area contributed by atoms with Gasteiger partial charge in [-0.3, -0.25) is 0 Å². The summed E-state index contributed by atoms with van der Waals surface area (Å²) in [5.41, 5.74) is 6.54. The van der Waals surface area contributed by atoms with E-state index in [2.05, 4.69) is 17.1 Å². The Hall–Kier alpha value is -0.580. The average Bonchev–Trinajstić information content (AvgIpc) is 2.74. The first-order chi connectivity index (χ1) is 6.79. The zero-order chi connectivity index (χ0) is 9.97. The van der Waals surface area contributed by atoms with E-state index in [-0.39, 0.29) is 0 Å². The van der Waals surface area contributed by atoms with Crippen LogP contribution in [0, 0.1) is 0 Å². The van der Waals surface area contributed by atoms with Gasteiger partial charge >= 0.3 is 0 Å². The van der Waals surface area contributed by atoms with Gasteiger partial charge in [0.15, 0.2) is 5.13 Å². The van der Waals surface area contributed by atoms with Crippen LogP contribution in [0.3, 0.4) is 0 Å². The Morgan fingerprint density at radius 2 is 2.29 bits per heavy atom. The first kappa shape index (κ1) is 9.96. The lowest BCUT2D eigenvalue weighted by Crippen LogP contribution is -1.80. The molecule has 0 aliphatic rings. The fourth-order valence-corrected chi connectivity index (χ4v) is 3.07. The van der Waals surface area contributed by atoms with Gasteiger partial charge in [-0.15, -0.1) is 34.3 Å². The highest BCUT2D eigenvalue weighted by Crippen LogP contribution is 2.29. The maximum atomic E-state index is 5.67. The molecule has 5 heteroatoms. The number of halogens is 1. The monoisotopic (exact) mass is 244 g/mol. The molecule has 2 nitrogen and oxygen atoms in total. The van der Waals surface area contributed by atoms with Crippen LogP contribution in [0.25, 0.3) is 10.6 Å². The first-order valence-electron chi connectivity index (χ1n) is 4.15. The van der Waals surface area contributed by atoms with Crippen molar-refractivity contribution in [3.8, 4) is 10.6 Å². The molecular formula is C9H9ClN2S2. The van der Waals surface area contributed by atoms with Gasteiger partial charge in [-0.25, -0.2) is 4.98 Å². The van der Waals surface area contributed by atoms with E-state index in [1.165, 1.54) is 16.2 Å². The predicted octanol–water partition coefficient (Wildman–Crippen LogP) is 3.24. The maximum Gasteiger partial charge on any atom is 0.180 e. The second kappa shape index (κ2) is 4.29. The summed E-state index contributed by atoms with van der Waals surface area (Å²) in [4.78, 5) is 6.69. The van der Waals surface area contributed by atoms with Crippen molar-refractivity contribution >= 4 is 39.4 Å². The van der Waals surface area contributed by atoms with Gasteiger partial charge in [0.05, 0.1) is 10.6 Å². The molecule has 0 spiro atoms. The van der Waals surface area contributed by atoms with E-state index in [4.69, 9.17) is 17.3 Å². The van der Waals surface area contributed by atoms with Crippen molar-refractivity contribution in [3.05, 3.63) is 22.4 Å². The number of hydrogen-bond acceptors (Lipinski definition) is 4. The minimum atomic E-state index is 0.618. The number of anilines is 1. The standard InChI is InChI=1S/C9H9ClN2S2/c10-4-3-6-1-2-8(14-6)7-5-13-9(11)12-7/h1-2,5H,3-4H2,(H2,11,12). The van der Waals surface area contributed by atoms with E-state index in [0.717, 1.165) is 17.0 Å². The Morgan fingerprint density at radius 3 is 2.93 bits per heavy atom. The summed E-state index contributed by atoms with van der Waals surface area (Å²) in [6.07, 6.45) is 0.922. The molecule has 0 fully saturated rings. The summed E-state index contributed by atoms with van der Waals surface area (Å²) in [7, 11) is 0. The van der Waals surface area contributed by atoms with Crippen LogP contribution in [0.4, 0.5) is 5.13 Å². The minimum absolute atomic E-state index is 0.618. The molecule has 0 unspecified atom stereocenters. The molecule has 14 heavy (non-hydrogen) atoms. The molecular weight excluding hydrogens is 236 g/mol. The summed E-state index contributed by atoms with van der Waals surface area (Å²) >= 11 is 8.87. The highest BCUT2D eigenvalue weighted by Gasteiger charge is 2.05. The van der Waals surface area contributed by atoms with Crippen LogP contribution < -0.4 is 5.73 Å². The van der Waals surface area contributed by atoms with Crippen LogP contribution in [0.1, 0.15) is 4.88 Å². The van der Waals surface area contributed by atoms with E-state index >= 15 is 0 Å². The first-order valence-corrected chi connectivity index (χ1v) is 6.38. The number of aromatic nitrogens is 1. The molecule has 2 heterocycles. The highest BCUT2D eigenvalue weighted by molar-refractivity contribution is 7.16. The number of rotatable bonds is 3. The van der Waals surface area contributed by atoms with Crippen molar-refractivity contribution in [3.63, 3.8) is 0 Å². The van der Waals surface area contributed by atoms with Gasteiger partial charge in [0, 0.05) is 16.1 Å². The molecule has 0 amide bonds. The molecule has 0 radical (unpaired) electrons. The zero-order valence-electron chi connectivity index (χ0n) is 7.37. The van der Waals surface area contributed by atoms with Crippen molar-refractivity contribution in [1.82, 2.24) is 4.98 Å². The smallest absolute Gasteiger partial charge is 0.180 e. The lowest BCUT2D eigenvalue weighted by Gasteiger charge is -1.89. The Labute approximate surface area is 95.4 Å². The molecule has 0 aliphatic heterocycles. The summed E-state index contributed by atoms with van der Waals surface area (Å²) in [5, 5.41) is 2.60. The largest absolute Gasteiger partial charge is 0.375 e. The summed E-state index contributed by atoms with van der Waals surface area (Å²) in [6, 6.07) is 4.17. The van der Waals surface area contributed by atoms with Gasteiger partial charge < -0.3 is 5.73 Å². The Morgan fingerprint density at radius 1 is 1.43 bits per heavy atom. The molecule has 0 saturated carbocycles. The van der Waals surface area contributed by atoms with E-state index in [1.807, 2.05) is 5.38 Å². The molecule has 74 valence electrons. The molecule has 2 rings (SSSR count). The molecule has 0 aromatic carbocycles. The van der Waals surface area contributed by atoms with Gasteiger partial charge in [-0.05, 0) is 18.6 Å². The van der Waals surface area contributed by atoms with Crippen LogP contribution in [0.5, 0.6) is 0 Å². The van der Waals surface area contributed by atoms with Gasteiger partial charge in [0.1, 0.15) is 0 Å². The van der Waals surface area contributed by atoms with Crippen LogP contribution in [-0.2, 0) is 6.42 Å². The molecule has 2 aromatic heterocycles. The number of nitrogens with zero attached hydrogens (tertiary/aromatic N) is 1. The normalized spacial score (nSPS) is 10.6. The number of alkyl halides is 1. The number of thiophene rings is 1. The molecule has 0 aliphatic carbocycles. The van der Waals surface area contributed by atoms with Crippen molar-refractivity contribution in [2.75, 3.05) is 11.6 Å². The van der Waals surface area contributed by atoms with Crippen molar-refractivity contribution in [2.24, 2.45) is 0 Å². The number of aryl methyl sites for hydroxylation is 1. The van der Waals surface area contributed by atoms with Crippen LogP contribution in [-0.4, -0.2) is 10.9 Å². The van der Waals surface area contributed by atoms with Crippen LogP contribution in [0.15, 0.2) is 17.5 Å². The second-order valence-corrected chi connectivity index (χ2v) is 5.21. The lowest BCUT2D eigenvalue weighted by atomic mass is 10.3. The topological polar surface area (TPSA) is 38.9 Å². The molecule has 0 saturated heterocycles. The SMILES string of the molecule is Nc1nc(-c2ccc(CCCl)s2)cs1. The van der Waals surface area contributed by atoms with E-state index < -0.39 is 0 Å². The fourth-order valence-electron chi connectivity index (χ4n) is 1.14. The van der Waals surface area contributed by atoms with Gasteiger partial charge in [0.2, 0.25) is 0 Å². The highest BCUT2D eigenvalue weighted by atomic mass is 35.5. The third kappa shape index (κ3) is 2.08. The maximum absolute atomic E-state index is 5.67. The Kier molecular flexibility index (Phi) is 3.05. The van der Waals surface area contributed by atoms with Gasteiger partial charge in [-0.1, -0.05) is 0 Å². The average molecular weight is 245 g/mol. The number of hydrogen-bond donors (Lipinski definition) is 1. The quantitative estimate of drug-likeness (QED) is 0.842. The van der Waals surface area contributed by atoms with Crippen LogP contribution in [0.2, 0.25) is 0 Å². The molecule has 0 bridgehead atoms. The minimum Gasteiger partial charge on any atom is -0.375 e. The Bertz CT molecular complexity index is 422. The fraction of sp³-hybridized carbons (Fsp3) is 0.222. The zero-order valence-corrected chi connectivity index (χ0v) is 9.75. The number of nitrogen functional groups attached to an aromatic ring is 1. The summed E-state index contributed by atoms with van der Waals surface area (Å²) < 4.78 is 0. The van der Waals surface area contributed by atoms with Crippen molar-refractivity contribution in [1.29, 1.82) is 0 Å². The molecule has 2 N–H and O–H groups in total. The Balaban J connectivity index is 2.24. The second-order valence-electron chi connectivity index (χ2n) is 2.78. The third-order valence-electron chi connectivity index (χ3n) is 1.78. The van der Waals surface area contributed by atoms with Crippen molar-refractivity contribution < 1.29 is 0 Å².